The summed E-state index contributed by atoms with van der Waals surface area (Å²) in [5.74, 6) is -1.45. The largest absolute Gasteiger partial charge is 1.00 e. The zero-order chi connectivity index (χ0) is 17.6. The Morgan fingerprint density at radius 1 is 1.00 bits per heavy atom. The first kappa shape index (κ1) is 27.2. The summed E-state index contributed by atoms with van der Waals surface area (Å²) in [5, 5.41) is 17.4. The molecular formula is C15H31KO7S. The maximum atomic E-state index is 11.3. The summed E-state index contributed by atoms with van der Waals surface area (Å²) in [5.41, 5.74) is 0. The van der Waals surface area contributed by atoms with Crippen molar-refractivity contribution in [3.8, 4) is 0 Å². The summed E-state index contributed by atoms with van der Waals surface area (Å²) in [4.78, 5) is 11.0. The van der Waals surface area contributed by atoms with E-state index < -0.39 is 29.1 Å². The molecule has 0 radical (unpaired) electrons. The van der Waals surface area contributed by atoms with Crippen molar-refractivity contribution < 1.29 is 84.6 Å². The van der Waals surface area contributed by atoms with Crippen LogP contribution in [0.1, 0.15) is 72.6 Å². The number of aliphatic hydroxyl groups excluding tert-OH is 2. The molecule has 0 aromatic heterocycles. The van der Waals surface area contributed by atoms with E-state index in [0.717, 1.165) is 19.3 Å². The van der Waals surface area contributed by atoms with E-state index in [9.17, 15) is 13.2 Å². The van der Waals surface area contributed by atoms with E-state index in [-0.39, 0.29) is 59.4 Å². The number of carbonyl (C=O) groups is 1. The smallest absolute Gasteiger partial charge is 1.00 e. The third-order valence-corrected chi connectivity index (χ3v) is 4.18. The molecule has 24 heavy (non-hydrogen) atoms. The van der Waals surface area contributed by atoms with E-state index in [1.165, 1.54) is 38.5 Å². The van der Waals surface area contributed by atoms with Crippen molar-refractivity contribution >= 4 is 16.4 Å². The van der Waals surface area contributed by atoms with E-state index >= 15 is 0 Å². The first-order valence-corrected chi connectivity index (χ1v) is 9.68. The minimum atomic E-state index is -4.47. The second-order valence-electron chi connectivity index (χ2n) is 5.51. The first-order chi connectivity index (χ1) is 10.9. The Labute approximate surface area is 189 Å². The Bertz CT molecular complexity index is 407. The predicted molar refractivity (Wildman–Crippen MR) is 87.0 cm³/mol. The molecule has 0 saturated carbocycles. The van der Waals surface area contributed by atoms with Crippen molar-refractivity contribution in [2.24, 2.45) is 0 Å². The van der Waals surface area contributed by atoms with Gasteiger partial charge in [-0.15, -0.1) is 0 Å². The molecule has 0 aliphatic carbocycles. The van der Waals surface area contributed by atoms with E-state index in [1.54, 1.807) is 0 Å². The molecule has 1 atom stereocenters. The van der Waals surface area contributed by atoms with Crippen molar-refractivity contribution in [3.63, 3.8) is 0 Å². The van der Waals surface area contributed by atoms with Crippen molar-refractivity contribution in [3.05, 3.63) is 0 Å². The van der Waals surface area contributed by atoms with Crippen molar-refractivity contribution in [1.29, 1.82) is 0 Å². The van der Waals surface area contributed by atoms with Crippen LogP contribution in [0.2, 0.25) is 0 Å². The van der Waals surface area contributed by atoms with Crippen LogP contribution in [0, 0.1) is 0 Å². The molecule has 2 N–H and O–H groups in total. The van der Waals surface area contributed by atoms with Gasteiger partial charge >= 0.3 is 67.8 Å². The molecule has 0 fully saturated rings. The average molecular weight is 395 g/mol. The minimum Gasteiger partial charge on any atom is -1.00 e. The van der Waals surface area contributed by atoms with Gasteiger partial charge in [-0.3, -0.25) is 0 Å². The number of hydrogen-bond acceptors (Lipinski definition) is 7. The van der Waals surface area contributed by atoms with Gasteiger partial charge < -0.3 is 15.8 Å². The average Bonchev–Trinajstić information content (AvgIpc) is 2.51. The standard InChI is InChI=1S/C15H30O7S.K.H/c1-2-3-4-5-6-7-8-9-10-11-12-21-23(19,20)22-15(18)14(17)13-16;;/h14,16-17H,2-13H2,1H3;;/q;+1;-1. The van der Waals surface area contributed by atoms with Crippen LogP contribution in [0.15, 0.2) is 0 Å². The van der Waals surface area contributed by atoms with Crippen LogP contribution >= 0.6 is 0 Å². The van der Waals surface area contributed by atoms with Gasteiger partial charge in [-0.2, -0.15) is 8.42 Å². The zero-order valence-corrected chi connectivity index (χ0v) is 18.8. The fourth-order valence-electron chi connectivity index (χ4n) is 2.01. The van der Waals surface area contributed by atoms with Gasteiger partial charge in [0.25, 0.3) is 0 Å². The minimum absolute atomic E-state index is 0. The summed E-state index contributed by atoms with van der Waals surface area (Å²) in [6.45, 7) is 1.21. The van der Waals surface area contributed by atoms with Gasteiger partial charge in [0.1, 0.15) is 0 Å². The Hall–Kier alpha value is 0.936. The van der Waals surface area contributed by atoms with Gasteiger partial charge in [0, 0.05) is 0 Å². The van der Waals surface area contributed by atoms with E-state index in [4.69, 9.17) is 10.2 Å². The summed E-state index contributed by atoms with van der Waals surface area (Å²) < 4.78 is 31.0. The van der Waals surface area contributed by atoms with Gasteiger partial charge in [0.15, 0.2) is 6.10 Å². The molecule has 140 valence electrons. The number of carbonyl (C=O) groups excluding carboxylic acids is 1. The van der Waals surface area contributed by atoms with Gasteiger partial charge in [-0.25, -0.2) is 8.98 Å². The molecule has 0 aliphatic rings. The van der Waals surface area contributed by atoms with E-state index in [2.05, 4.69) is 15.3 Å². The van der Waals surface area contributed by atoms with Crippen LogP contribution in [0.5, 0.6) is 0 Å². The van der Waals surface area contributed by atoms with Crippen molar-refractivity contribution in [2.45, 2.75) is 77.2 Å². The van der Waals surface area contributed by atoms with Gasteiger partial charge in [-0.1, -0.05) is 64.7 Å². The van der Waals surface area contributed by atoms with Crippen LogP contribution in [0.4, 0.5) is 0 Å². The normalized spacial score (nSPS) is 12.5. The fourth-order valence-corrected chi connectivity index (χ4v) is 2.69. The van der Waals surface area contributed by atoms with Gasteiger partial charge in [0.05, 0.1) is 13.2 Å². The Balaban J connectivity index is -0.00000242. The summed E-state index contributed by atoms with van der Waals surface area (Å²) in [6, 6.07) is 0. The SMILES string of the molecule is CCCCCCCCCCCCOS(=O)(=O)OC(=O)C(O)CO.[H-].[K+]. The molecule has 0 bridgehead atoms. The van der Waals surface area contributed by atoms with Crippen LogP contribution in [0.25, 0.3) is 0 Å². The van der Waals surface area contributed by atoms with Crippen LogP contribution in [0.3, 0.4) is 0 Å². The number of hydrogen-bond donors (Lipinski definition) is 2. The zero-order valence-electron chi connectivity index (χ0n) is 15.9. The third-order valence-electron chi connectivity index (χ3n) is 3.35. The molecule has 7 nitrogen and oxygen atoms in total. The monoisotopic (exact) mass is 394 g/mol. The number of unbranched alkanes of at least 4 members (excludes halogenated alkanes) is 9. The third kappa shape index (κ3) is 16.4. The quantitative estimate of drug-likeness (QED) is 0.276. The van der Waals surface area contributed by atoms with Crippen LogP contribution in [-0.2, 0) is 23.6 Å². The molecule has 0 aromatic rings. The molecule has 0 heterocycles. The maximum absolute atomic E-state index is 11.3. The molecule has 0 rings (SSSR count). The van der Waals surface area contributed by atoms with Gasteiger partial charge in [0.2, 0.25) is 0 Å². The van der Waals surface area contributed by atoms with E-state index in [1.807, 2.05) is 0 Å². The Morgan fingerprint density at radius 3 is 1.92 bits per heavy atom. The Kier molecular flexibility index (Phi) is 19.6. The molecule has 9 heteroatoms. The van der Waals surface area contributed by atoms with Crippen molar-refractivity contribution in [1.82, 2.24) is 0 Å². The predicted octanol–water partition coefficient (Wildman–Crippen LogP) is -0.818. The molecule has 0 amide bonds. The number of rotatable bonds is 15. The molecule has 0 spiro atoms. The van der Waals surface area contributed by atoms with Crippen molar-refractivity contribution in [2.75, 3.05) is 13.2 Å². The molecule has 0 aromatic carbocycles. The molecular weight excluding hydrogens is 363 g/mol. The summed E-state index contributed by atoms with van der Waals surface area (Å²) >= 11 is 0. The second kappa shape index (κ2) is 17.4. The summed E-state index contributed by atoms with van der Waals surface area (Å²) in [7, 11) is -4.47. The summed E-state index contributed by atoms with van der Waals surface area (Å²) in [6.07, 6.45) is 9.21. The topological polar surface area (TPSA) is 110 Å². The fraction of sp³-hybridized carbons (Fsp3) is 0.933. The molecule has 1 unspecified atom stereocenters. The molecule has 0 saturated heterocycles. The van der Waals surface area contributed by atoms with Crippen LogP contribution in [-0.4, -0.2) is 43.9 Å². The Morgan fingerprint density at radius 2 is 1.46 bits per heavy atom. The van der Waals surface area contributed by atoms with Crippen LogP contribution < -0.4 is 51.4 Å². The van der Waals surface area contributed by atoms with Gasteiger partial charge in [-0.05, 0) is 6.42 Å². The van der Waals surface area contributed by atoms with E-state index in [0.29, 0.717) is 6.42 Å². The maximum Gasteiger partial charge on any atom is 1.00 e. The second-order valence-corrected chi connectivity index (χ2v) is 6.73. The first-order valence-electron chi connectivity index (χ1n) is 8.34. The number of aliphatic hydroxyl groups is 2. The molecule has 0 aliphatic heterocycles.